The molecular formula is C11H20N4S. The Morgan fingerprint density at radius 1 is 1.62 bits per heavy atom. The molecule has 1 fully saturated rings. The highest BCUT2D eigenvalue weighted by atomic mass is 32.2. The van der Waals surface area contributed by atoms with E-state index in [9.17, 15) is 0 Å². The maximum atomic E-state index is 6.34. The second-order valence-corrected chi connectivity index (χ2v) is 5.55. The molecule has 0 aromatic rings. The van der Waals surface area contributed by atoms with E-state index in [0.29, 0.717) is 11.6 Å². The van der Waals surface area contributed by atoms with Gasteiger partial charge in [-0.15, -0.1) is 0 Å². The van der Waals surface area contributed by atoms with Crippen molar-refractivity contribution in [3.8, 4) is 0 Å². The van der Waals surface area contributed by atoms with Crippen molar-refractivity contribution in [3.05, 3.63) is 11.9 Å². The van der Waals surface area contributed by atoms with E-state index in [0.717, 1.165) is 30.2 Å². The summed E-state index contributed by atoms with van der Waals surface area (Å²) in [7, 11) is 0. The van der Waals surface area contributed by atoms with Crippen LogP contribution >= 0.6 is 11.8 Å². The van der Waals surface area contributed by atoms with Crippen LogP contribution in [0.3, 0.4) is 0 Å². The number of rotatable bonds is 3. The molecule has 4 nitrogen and oxygen atoms in total. The molecule has 1 saturated carbocycles. The predicted octanol–water partition coefficient (Wildman–Crippen LogP) is 1.34. The molecule has 0 radical (unpaired) electrons. The highest BCUT2D eigenvalue weighted by Crippen LogP contribution is 2.39. The van der Waals surface area contributed by atoms with Crippen LogP contribution in [0.15, 0.2) is 16.9 Å². The van der Waals surface area contributed by atoms with Crippen LogP contribution in [0.5, 0.6) is 0 Å². The summed E-state index contributed by atoms with van der Waals surface area (Å²) in [5.41, 5.74) is 12.3. The Morgan fingerprint density at radius 2 is 2.38 bits per heavy atom. The number of nitrogens with one attached hydrogen (secondary N) is 1. The van der Waals surface area contributed by atoms with Gasteiger partial charge in [-0.05, 0) is 19.3 Å². The molecule has 0 bridgehead atoms. The van der Waals surface area contributed by atoms with Crippen molar-refractivity contribution in [2.75, 3.05) is 5.75 Å². The Kier molecular flexibility index (Phi) is 3.44. The van der Waals surface area contributed by atoms with E-state index < -0.39 is 5.66 Å². The van der Waals surface area contributed by atoms with E-state index in [4.69, 9.17) is 11.5 Å². The molecule has 1 aliphatic heterocycles. The zero-order valence-electron chi connectivity index (χ0n) is 9.70. The van der Waals surface area contributed by atoms with Gasteiger partial charge in [0.1, 0.15) is 0 Å². The lowest BCUT2D eigenvalue weighted by Crippen LogP contribution is -2.55. The summed E-state index contributed by atoms with van der Waals surface area (Å²) in [6, 6.07) is 0. The summed E-state index contributed by atoms with van der Waals surface area (Å²) in [4.78, 5) is 4.61. The van der Waals surface area contributed by atoms with Crippen LogP contribution in [0, 0.1) is 5.92 Å². The molecule has 1 unspecified atom stereocenters. The van der Waals surface area contributed by atoms with Crippen LogP contribution in [0.2, 0.25) is 0 Å². The molecule has 5 heteroatoms. The van der Waals surface area contributed by atoms with Crippen molar-refractivity contribution < 1.29 is 0 Å². The van der Waals surface area contributed by atoms with Gasteiger partial charge in [-0.25, -0.2) is 4.99 Å². The first kappa shape index (κ1) is 11.8. The fraction of sp³-hybridized carbons (Fsp3) is 0.727. The highest BCUT2D eigenvalue weighted by molar-refractivity contribution is 8.13. The van der Waals surface area contributed by atoms with Gasteiger partial charge in [0, 0.05) is 17.9 Å². The van der Waals surface area contributed by atoms with Gasteiger partial charge in [-0.3, -0.25) is 0 Å². The van der Waals surface area contributed by atoms with E-state index in [1.165, 1.54) is 6.42 Å². The minimum absolute atomic E-state index is 0.420. The predicted molar refractivity (Wildman–Crippen MR) is 69.8 cm³/mol. The van der Waals surface area contributed by atoms with Crippen molar-refractivity contribution in [2.24, 2.45) is 22.4 Å². The molecule has 0 spiro atoms. The Morgan fingerprint density at radius 3 is 2.94 bits per heavy atom. The largest absolute Gasteiger partial charge is 0.398 e. The van der Waals surface area contributed by atoms with Gasteiger partial charge in [-0.1, -0.05) is 25.1 Å². The van der Waals surface area contributed by atoms with Crippen LogP contribution < -0.4 is 16.8 Å². The number of hydrogen-bond acceptors (Lipinski definition) is 5. The van der Waals surface area contributed by atoms with Crippen molar-refractivity contribution in [2.45, 2.75) is 38.3 Å². The second-order valence-electron chi connectivity index (χ2n) is 4.46. The topological polar surface area (TPSA) is 76.4 Å². The molecule has 90 valence electrons. The fourth-order valence-corrected chi connectivity index (χ4v) is 2.72. The number of nitrogens with zero attached hydrogens (tertiary/aromatic N) is 1. The van der Waals surface area contributed by atoms with Crippen molar-refractivity contribution in [1.29, 1.82) is 0 Å². The van der Waals surface area contributed by atoms with Gasteiger partial charge >= 0.3 is 0 Å². The van der Waals surface area contributed by atoms with Gasteiger partial charge in [0.05, 0.1) is 5.70 Å². The molecule has 1 atom stereocenters. The number of amidine groups is 1. The second kappa shape index (κ2) is 4.67. The summed E-state index contributed by atoms with van der Waals surface area (Å²) in [5, 5.41) is 4.02. The molecule has 0 aromatic carbocycles. The molecule has 2 aliphatic rings. The number of thioether (sulfide) groups is 1. The molecular weight excluding hydrogens is 220 g/mol. The Labute approximate surface area is 101 Å². The van der Waals surface area contributed by atoms with E-state index in [1.807, 2.05) is 6.20 Å². The first-order chi connectivity index (χ1) is 7.66. The van der Waals surface area contributed by atoms with Crippen molar-refractivity contribution in [3.63, 3.8) is 0 Å². The third-order valence-corrected chi connectivity index (χ3v) is 4.37. The van der Waals surface area contributed by atoms with E-state index in [-0.39, 0.29) is 0 Å². The van der Waals surface area contributed by atoms with E-state index in [1.54, 1.807) is 11.8 Å². The quantitative estimate of drug-likeness (QED) is 0.696. The summed E-state index contributed by atoms with van der Waals surface area (Å²) >= 11 is 1.71. The lowest BCUT2D eigenvalue weighted by Gasteiger charge is -2.41. The summed E-state index contributed by atoms with van der Waals surface area (Å²) in [6.07, 6.45) is 6.46. The number of aliphatic imine (C=N–C) groups is 1. The van der Waals surface area contributed by atoms with Crippen LogP contribution in [0.25, 0.3) is 0 Å². The van der Waals surface area contributed by atoms with Gasteiger partial charge in [0.25, 0.3) is 0 Å². The molecule has 0 aromatic heterocycles. The molecule has 0 saturated heterocycles. The van der Waals surface area contributed by atoms with Gasteiger partial charge in [0.2, 0.25) is 0 Å². The Bertz CT molecular complexity index is 322. The monoisotopic (exact) mass is 240 g/mol. The molecule has 1 aliphatic carbocycles. The smallest absolute Gasteiger partial charge is 0.162 e. The van der Waals surface area contributed by atoms with Crippen molar-refractivity contribution >= 4 is 16.9 Å². The fourth-order valence-electron chi connectivity index (χ4n) is 1.97. The Balaban J connectivity index is 2.10. The molecule has 0 amide bonds. The molecule has 2 rings (SSSR count). The van der Waals surface area contributed by atoms with Gasteiger partial charge in [0.15, 0.2) is 10.8 Å². The van der Waals surface area contributed by atoms with Gasteiger partial charge < -0.3 is 16.8 Å². The van der Waals surface area contributed by atoms with Crippen molar-refractivity contribution in [1.82, 2.24) is 5.32 Å². The zero-order chi connectivity index (χ0) is 11.6. The third-order valence-electron chi connectivity index (χ3n) is 3.27. The standard InChI is InChI=1S/C11H20N4S/c1-2-6-16-10-14-7-9(12)11(13,15-10)8-4-3-5-8/h7-8H,2-6,12-13H2,1H3,(H,14,15). The van der Waals surface area contributed by atoms with E-state index in [2.05, 4.69) is 17.2 Å². The number of hydrogen-bond donors (Lipinski definition) is 3. The molecule has 5 N–H and O–H groups in total. The normalized spacial score (nSPS) is 30.1. The van der Waals surface area contributed by atoms with Crippen LogP contribution in [0.1, 0.15) is 32.6 Å². The van der Waals surface area contributed by atoms with Gasteiger partial charge in [-0.2, -0.15) is 0 Å². The highest BCUT2D eigenvalue weighted by Gasteiger charge is 2.42. The van der Waals surface area contributed by atoms with Crippen LogP contribution in [-0.4, -0.2) is 16.6 Å². The third kappa shape index (κ3) is 2.06. The lowest BCUT2D eigenvalue weighted by molar-refractivity contribution is 0.200. The minimum atomic E-state index is -0.653. The average Bonchev–Trinajstić information content (AvgIpc) is 2.17. The summed E-state index contributed by atoms with van der Waals surface area (Å²) in [5.74, 6) is 1.48. The number of nitrogens with two attached hydrogens (primary N) is 2. The summed E-state index contributed by atoms with van der Waals surface area (Å²) in [6.45, 7) is 2.15. The molecule has 16 heavy (non-hydrogen) atoms. The summed E-state index contributed by atoms with van der Waals surface area (Å²) < 4.78 is 0. The first-order valence-corrected chi connectivity index (χ1v) is 6.89. The Hall–Kier alpha value is -0.680. The first-order valence-electron chi connectivity index (χ1n) is 5.91. The molecule has 1 heterocycles. The average molecular weight is 240 g/mol. The lowest BCUT2D eigenvalue weighted by atomic mass is 9.74. The zero-order valence-corrected chi connectivity index (χ0v) is 10.5. The van der Waals surface area contributed by atoms with E-state index >= 15 is 0 Å². The maximum absolute atomic E-state index is 6.34. The SMILES string of the molecule is CCCSC1=NC(N)(C2CCC2)C(N)=CN1. The minimum Gasteiger partial charge on any atom is -0.398 e. The van der Waals surface area contributed by atoms with Crippen LogP contribution in [0.4, 0.5) is 0 Å². The van der Waals surface area contributed by atoms with Crippen LogP contribution in [-0.2, 0) is 0 Å². The maximum Gasteiger partial charge on any atom is 0.162 e.